The molecule has 9 heavy (non-hydrogen) atoms. The molecule has 1 aliphatic carbocycles. The summed E-state index contributed by atoms with van der Waals surface area (Å²) in [6, 6.07) is 0. The van der Waals surface area contributed by atoms with Gasteiger partial charge < -0.3 is 5.11 Å². The van der Waals surface area contributed by atoms with Crippen LogP contribution in [0, 0.1) is 5.92 Å². The molecule has 0 spiro atoms. The molecule has 0 aromatic heterocycles. The fourth-order valence-corrected chi connectivity index (χ4v) is 1.24. The van der Waals surface area contributed by atoms with Crippen LogP contribution in [-0.4, -0.2) is 34.3 Å². The quantitative estimate of drug-likeness (QED) is 0.490. The van der Waals surface area contributed by atoms with Crippen LogP contribution in [-0.2, 0) is 0 Å². The number of hydrogen-bond donors (Lipinski definition) is 1. The Morgan fingerprint density at radius 3 is 1.89 bits per heavy atom. The zero-order chi connectivity index (χ0) is 5.98. The summed E-state index contributed by atoms with van der Waals surface area (Å²) in [5, 5.41) is 9.03. The number of hydrogen-bond acceptors (Lipinski definition) is 1. The highest BCUT2D eigenvalue weighted by molar-refractivity contribution is 5.75. The second-order valence-electron chi connectivity index (χ2n) is 2.91. The molecule has 52 valence electrons. The fraction of sp³-hybridized carbons (Fsp3) is 1.00. The third-order valence-corrected chi connectivity index (χ3v) is 1.99. The van der Waals surface area contributed by atoms with Gasteiger partial charge in [0.2, 0.25) is 0 Å². The van der Waals surface area contributed by atoms with E-state index < -0.39 is 0 Å². The lowest BCUT2D eigenvalue weighted by Crippen LogP contribution is -2.15. The minimum Gasteiger partial charge on any atom is -0.393 e. The maximum Gasteiger partial charge on any atom is 0.316 e. The Hall–Kier alpha value is 0.726. The molecule has 1 nitrogen and oxygen atoms in total. The molecule has 0 aromatic carbocycles. The largest absolute Gasteiger partial charge is 0.393 e. The maximum atomic E-state index is 9.03. The van der Waals surface area contributed by atoms with E-state index in [-0.39, 0.29) is 29.2 Å². The van der Waals surface area contributed by atoms with E-state index in [2.05, 4.69) is 6.92 Å². The SMILES string of the molecule is CC1CCC(O)CC1.[MgH2]. The van der Waals surface area contributed by atoms with Crippen LogP contribution >= 0.6 is 0 Å². The van der Waals surface area contributed by atoms with Gasteiger partial charge in [0, 0.05) is 0 Å². The molecule has 0 atom stereocenters. The van der Waals surface area contributed by atoms with Crippen molar-refractivity contribution in [2.24, 2.45) is 5.92 Å². The molecule has 1 N–H and O–H groups in total. The third-order valence-electron chi connectivity index (χ3n) is 1.99. The fourth-order valence-electron chi connectivity index (χ4n) is 1.24. The summed E-state index contributed by atoms with van der Waals surface area (Å²) in [5.74, 6) is 0.860. The van der Waals surface area contributed by atoms with E-state index in [0.29, 0.717) is 0 Å². The molecule has 0 aliphatic heterocycles. The van der Waals surface area contributed by atoms with Crippen molar-refractivity contribution in [1.29, 1.82) is 0 Å². The van der Waals surface area contributed by atoms with Crippen LogP contribution in [0.25, 0.3) is 0 Å². The lowest BCUT2D eigenvalue weighted by Gasteiger charge is -2.21. The summed E-state index contributed by atoms with van der Waals surface area (Å²) in [6.45, 7) is 2.26. The Morgan fingerprint density at radius 1 is 1.11 bits per heavy atom. The molecule has 2 heteroatoms. The van der Waals surface area contributed by atoms with Crippen LogP contribution in [0.4, 0.5) is 0 Å². The van der Waals surface area contributed by atoms with Crippen molar-refractivity contribution in [3.63, 3.8) is 0 Å². The van der Waals surface area contributed by atoms with E-state index >= 15 is 0 Å². The van der Waals surface area contributed by atoms with E-state index in [0.717, 1.165) is 18.8 Å². The monoisotopic (exact) mass is 140 g/mol. The van der Waals surface area contributed by atoms with Crippen molar-refractivity contribution in [2.45, 2.75) is 38.7 Å². The van der Waals surface area contributed by atoms with Gasteiger partial charge in [-0.25, -0.2) is 0 Å². The lowest BCUT2D eigenvalue weighted by atomic mass is 9.89. The first kappa shape index (κ1) is 9.73. The number of aliphatic hydroxyl groups is 1. The van der Waals surface area contributed by atoms with Crippen molar-refractivity contribution in [1.82, 2.24) is 0 Å². The van der Waals surface area contributed by atoms with Crippen molar-refractivity contribution in [3.8, 4) is 0 Å². The van der Waals surface area contributed by atoms with Gasteiger partial charge >= 0.3 is 23.1 Å². The van der Waals surface area contributed by atoms with Crippen LogP contribution in [0.3, 0.4) is 0 Å². The second kappa shape index (κ2) is 4.53. The molecule has 0 amide bonds. The maximum absolute atomic E-state index is 9.03. The minimum atomic E-state index is 0. The van der Waals surface area contributed by atoms with Crippen molar-refractivity contribution < 1.29 is 5.11 Å². The molecule has 1 saturated carbocycles. The third kappa shape index (κ3) is 3.43. The van der Waals surface area contributed by atoms with Crippen LogP contribution in [0.15, 0.2) is 0 Å². The first-order chi connectivity index (χ1) is 3.79. The standard InChI is InChI=1S/C7H14O.Mg.2H/c1-6-2-4-7(8)5-3-6;;;/h6-8H,2-5H2,1H3;;;. The van der Waals surface area contributed by atoms with Gasteiger partial charge in [-0.05, 0) is 31.6 Å². The molecule has 0 unspecified atom stereocenters. The Morgan fingerprint density at radius 2 is 1.56 bits per heavy atom. The molecule has 1 rings (SSSR count). The Labute approximate surface area is 73.0 Å². The summed E-state index contributed by atoms with van der Waals surface area (Å²) < 4.78 is 0. The van der Waals surface area contributed by atoms with Gasteiger partial charge in [-0.2, -0.15) is 0 Å². The molecule has 0 aromatic rings. The van der Waals surface area contributed by atoms with Crippen molar-refractivity contribution in [3.05, 3.63) is 0 Å². The first-order valence-electron chi connectivity index (χ1n) is 3.47. The molecule has 0 bridgehead atoms. The van der Waals surface area contributed by atoms with E-state index in [1.807, 2.05) is 0 Å². The topological polar surface area (TPSA) is 20.2 Å². The average Bonchev–Trinajstić information content (AvgIpc) is 1.77. The predicted octanol–water partition coefficient (Wildman–Crippen LogP) is 0.641. The molecule has 1 fully saturated rings. The average molecular weight is 141 g/mol. The van der Waals surface area contributed by atoms with Gasteiger partial charge in [0.05, 0.1) is 6.10 Å². The summed E-state index contributed by atoms with van der Waals surface area (Å²) in [6.07, 6.45) is 4.52. The smallest absolute Gasteiger partial charge is 0.316 e. The highest BCUT2D eigenvalue weighted by Gasteiger charge is 2.14. The summed E-state index contributed by atoms with van der Waals surface area (Å²) in [4.78, 5) is 0. The van der Waals surface area contributed by atoms with Crippen LogP contribution < -0.4 is 0 Å². The Kier molecular flexibility index (Phi) is 4.89. The van der Waals surface area contributed by atoms with E-state index in [1.54, 1.807) is 0 Å². The minimum absolute atomic E-state index is 0. The lowest BCUT2D eigenvalue weighted by molar-refractivity contribution is 0.112. The second-order valence-corrected chi connectivity index (χ2v) is 2.91. The molecular weight excluding hydrogens is 124 g/mol. The molecular formula is C7H16MgO. The van der Waals surface area contributed by atoms with Crippen LogP contribution in [0.1, 0.15) is 32.6 Å². The molecule has 0 radical (unpaired) electrons. The normalized spacial score (nSPS) is 35.3. The highest BCUT2D eigenvalue weighted by Crippen LogP contribution is 2.22. The van der Waals surface area contributed by atoms with E-state index in [4.69, 9.17) is 5.11 Å². The predicted molar refractivity (Wildman–Crippen MR) is 42.2 cm³/mol. The van der Waals surface area contributed by atoms with Gasteiger partial charge in [-0.15, -0.1) is 0 Å². The zero-order valence-electron chi connectivity index (χ0n) is 5.43. The van der Waals surface area contributed by atoms with Gasteiger partial charge in [-0.3, -0.25) is 0 Å². The van der Waals surface area contributed by atoms with E-state index in [1.165, 1.54) is 12.8 Å². The van der Waals surface area contributed by atoms with Crippen molar-refractivity contribution >= 4 is 23.1 Å². The number of aliphatic hydroxyl groups excluding tert-OH is 1. The Bertz CT molecular complexity index is 57.3. The van der Waals surface area contributed by atoms with Gasteiger partial charge in [0.15, 0.2) is 0 Å². The van der Waals surface area contributed by atoms with Crippen LogP contribution in [0.5, 0.6) is 0 Å². The Balaban J connectivity index is 0.000000640. The van der Waals surface area contributed by atoms with E-state index in [9.17, 15) is 0 Å². The zero-order valence-corrected chi connectivity index (χ0v) is 5.43. The summed E-state index contributed by atoms with van der Waals surface area (Å²) >= 11 is 0. The number of rotatable bonds is 0. The molecule has 0 saturated heterocycles. The first-order valence-corrected chi connectivity index (χ1v) is 3.47. The van der Waals surface area contributed by atoms with Crippen molar-refractivity contribution in [2.75, 3.05) is 0 Å². The molecule has 1 aliphatic rings. The summed E-state index contributed by atoms with van der Waals surface area (Å²) in [7, 11) is 0. The van der Waals surface area contributed by atoms with Gasteiger partial charge in [0.1, 0.15) is 0 Å². The highest BCUT2D eigenvalue weighted by atomic mass is 24.3. The van der Waals surface area contributed by atoms with Crippen LogP contribution in [0.2, 0.25) is 0 Å². The van der Waals surface area contributed by atoms with Gasteiger partial charge in [0.25, 0.3) is 0 Å². The molecule has 0 heterocycles. The summed E-state index contributed by atoms with van der Waals surface area (Å²) in [5.41, 5.74) is 0. The van der Waals surface area contributed by atoms with Gasteiger partial charge in [-0.1, -0.05) is 6.92 Å².